The summed E-state index contributed by atoms with van der Waals surface area (Å²) >= 11 is 0. The summed E-state index contributed by atoms with van der Waals surface area (Å²) in [5, 5.41) is 5.02. The monoisotopic (exact) mass is 948 g/mol. The van der Waals surface area contributed by atoms with E-state index in [0.717, 1.165) is 34.1 Å². The topological polar surface area (TPSA) is 6.48 Å². The summed E-state index contributed by atoms with van der Waals surface area (Å²) in [7, 11) is 0. The van der Waals surface area contributed by atoms with Gasteiger partial charge in [-0.2, -0.15) is 0 Å². The number of hydrogen-bond donors (Lipinski definition) is 0. The van der Waals surface area contributed by atoms with E-state index in [1.165, 1.54) is 88.3 Å². The van der Waals surface area contributed by atoms with Crippen molar-refractivity contribution >= 4 is 80.0 Å². The lowest BCUT2D eigenvalue weighted by atomic mass is 9.81. The van der Waals surface area contributed by atoms with Gasteiger partial charge in [0, 0.05) is 45.0 Å². The molecule has 13 rings (SSSR count). The summed E-state index contributed by atoms with van der Waals surface area (Å²) in [5.74, 6) is 0. The van der Waals surface area contributed by atoms with Crippen molar-refractivity contribution in [3.63, 3.8) is 0 Å². The van der Waals surface area contributed by atoms with E-state index in [0.29, 0.717) is 0 Å². The molecule has 2 aliphatic rings. The van der Waals surface area contributed by atoms with E-state index >= 15 is 0 Å². The first-order valence-electron chi connectivity index (χ1n) is 25.9. The Labute approximate surface area is 435 Å². The quantitative estimate of drug-likeness (QED) is 0.0996. The Morgan fingerprint density at radius 3 is 0.878 bits per heavy atom. The molecule has 0 N–H and O–H groups in total. The van der Waals surface area contributed by atoms with Crippen molar-refractivity contribution in [3.05, 3.63) is 287 Å². The highest BCUT2D eigenvalue weighted by molar-refractivity contribution is 6.08. The molecule has 0 bridgehead atoms. The van der Waals surface area contributed by atoms with Crippen molar-refractivity contribution in [2.24, 2.45) is 0 Å². The lowest BCUT2D eigenvalue weighted by Gasteiger charge is -2.28. The van der Waals surface area contributed by atoms with Crippen molar-refractivity contribution in [3.8, 4) is 22.3 Å². The number of rotatable bonds is 10. The highest BCUT2D eigenvalue weighted by atomic mass is 15.1. The molecule has 11 aromatic rings. The van der Waals surface area contributed by atoms with Crippen LogP contribution in [0.15, 0.2) is 243 Å². The summed E-state index contributed by atoms with van der Waals surface area (Å²) in [6.07, 6.45) is 9.04. The molecule has 0 fully saturated rings. The normalized spacial score (nSPS) is 13.8. The van der Waals surface area contributed by atoms with E-state index < -0.39 is 0 Å². The summed E-state index contributed by atoms with van der Waals surface area (Å²) < 4.78 is 0. The van der Waals surface area contributed by atoms with Crippen molar-refractivity contribution in [1.82, 2.24) is 0 Å². The lowest BCUT2D eigenvalue weighted by Crippen LogP contribution is -2.16. The van der Waals surface area contributed by atoms with Gasteiger partial charge in [0.1, 0.15) is 0 Å². The Hall–Kier alpha value is -8.98. The van der Waals surface area contributed by atoms with Gasteiger partial charge in [-0.25, -0.2) is 0 Å². The molecule has 0 atom stereocenters. The van der Waals surface area contributed by atoms with Crippen molar-refractivity contribution in [2.75, 3.05) is 9.80 Å². The van der Waals surface area contributed by atoms with Gasteiger partial charge in [0.2, 0.25) is 0 Å². The third kappa shape index (κ3) is 7.82. The maximum Gasteiger partial charge on any atom is 0.0465 e. The molecule has 0 unspecified atom stereocenters. The third-order valence-electron chi connectivity index (χ3n) is 15.8. The third-order valence-corrected chi connectivity index (χ3v) is 15.8. The van der Waals surface area contributed by atoms with E-state index in [2.05, 4.69) is 304 Å². The minimum Gasteiger partial charge on any atom is -0.310 e. The molecule has 0 aromatic heterocycles. The molecule has 0 heterocycles. The Morgan fingerprint density at radius 2 is 0.541 bits per heavy atom. The van der Waals surface area contributed by atoms with Crippen molar-refractivity contribution < 1.29 is 0 Å². The van der Waals surface area contributed by atoms with E-state index in [1.54, 1.807) is 0 Å². The molecule has 0 spiro atoms. The largest absolute Gasteiger partial charge is 0.310 e. The fourth-order valence-electron chi connectivity index (χ4n) is 11.9. The number of para-hydroxylation sites is 4. The predicted octanol–water partition coefficient (Wildman–Crippen LogP) is 19.9. The molecule has 0 aliphatic heterocycles. The second-order valence-electron chi connectivity index (χ2n) is 21.0. The molecule has 354 valence electrons. The van der Waals surface area contributed by atoms with Crippen LogP contribution in [0.25, 0.3) is 68.1 Å². The maximum atomic E-state index is 2.40. The Kier molecular flexibility index (Phi) is 10.9. The predicted molar refractivity (Wildman–Crippen MR) is 317 cm³/mol. The first-order chi connectivity index (χ1) is 36.2. The lowest BCUT2D eigenvalue weighted by molar-refractivity contribution is 0.660. The van der Waals surface area contributed by atoms with Crippen molar-refractivity contribution in [2.45, 2.75) is 38.5 Å². The first kappa shape index (κ1) is 44.9. The van der Waals surface area contributed by atoms with Crippen LogP contribution in [-0.4, -0.2) is 0 Å². The average Bonchev–Trinajstić information content (AvgIpc) is 3.81. The minimum atomic E-state index is -0.156. The SMILES string of the molecule is CC1(C)c2cc(C=Cc3ccc4c(ccc5cc(C=Cc6ccc7c(c6)C(C)(C)c6cc(N(c8ccccc8)c8ccccc8)ccc6-7)ccc54)c3)ccc2-c2ccc(N(c3ccccc3)c3ccccc3)cc21. The van der Waals surface area contributed by atoms with Gasteiger partial charge in [0.15, 0.2) is 0 Å². The number of anilines is 6. The molecule has 2 aliphatic carbocycles. The highest BCUT2D eigenvalue weighted by Crippen LogP contribution is 2.53. The summed E-state index contributed by atoms with van der Waals surface area (Å²) in [6.45, 7) is 9.47. The second kappa shape index (κ2) is 17.9. The standard InChI is InChI=1S/C72H56N2/c1-71(2)67-45-51(31-39-63(67)65-41-35-59(47-69(65)71)73(55-17-9-5-10-18-55)56-19-11-6-12-20-56)27-25-49-29-37-61-53(43-49)33-34-54-44-50(30-38-62(54)61)26-28-52-32-40-64-66-42-36-60(48-70(66)72(3,4)68(64)46-52)74(57-21-13-7-14-22-57)58-23-15-8-16-24-58/h5-48H,1-4H3. The van der Waals surface area contributed by atoms with Crippen LogP contribution in [0, 0.1) is 0 Å². The Morgan fingerprint density at radius 1 is 0.257 bits per heavy atom. The van der Waals surface area contributed by atoms with Crippen LogP contribution in [0.4, 0.5) is 34.1 Å². The average molecular weight is 949 g/mol. The molecule has 2 nitrogen and oxygen atoms in total. The van der Waals surface area contributed by atoms with E-state index in [1.807, 2.05) is 0 Å². The molecule has 0 saturated carbocycles. The zero-order chi connectivity index (χ0) is 50.0. The second-order valence-corrected chi connectivity index (χ2v) is 21.0. The van der Waals surface area contributed by atoms with Crippen LogP contribution >= 0.6 is 0 Å². The molecule has 0 saturated heterocycles. The first-order valence-corrected chi connectivity index (χ1v) is 25.9. The minimum absolute atomic E-state index is 0.156. The number of benzene rings is 11. The molecule has 2 heteroatoms. The zero-order valence-corrected chi connectivity index (χ0v) is 42.3. The molecule has 11 aromatic carbocycles. The number of hydrogen-bond acceptors (Lipinski definition) is 2. The molecular formula is C72H56N2. The Bertz CT molecular complexity index is 3650. The summed E-state index contributed by atoms with van der Waals surface area (Å²) in [5.41, 5.74) is 22.1. The highest BCUT2D eigenvalue weighted by Gasteiger charge is 2.37. The van der Waals surface area contributed by atoms with E-state index in [-0.39, 0.29) is 10.8 Å². The smallest absolute Gasteiger partial charge is 0.0465 e. The number of nitrogens with zero attached hydrogens (tertiary/aromatic N) is 2. The van der Waals surface area contributed by atoms with Crippen LogP contribution in [0.3, 0.4) is 0 Å². The van der Waals surface area contributed by atoms with Crippen LogP contribution in [-0.2, 0) is 10.8 Å². The fourth-order valence-corrected chi connectivity index (χ4v) is 11.9. The van der Waals surface area contributed by atoms with Crippen LogP contribution < -0.4 is 9.80 Å². The van der Waals surface area contributed by atoms with Gasteiger partial charge in [-0.3, -0.25) is 0 Å². The molecule has 74 heavy (non-hydrogen) atoms. The number of fused-ring (bicyclic) bond motifs is 9. The van der Waals surface area contributed by atoms with Gasteiger partial charge in [0.25, 0.3) is 0 Å². The maximum absolute atomic E-state index is 2.40. The van der Waals surface area contributed by atoms with Crippen LogP contribution in [0.5, 0.6) is 0 Å². The van der Waals surface area contributed by atoms with E-state index in [9.17, 15) is 0 Å². The van der Waals surface area contributed by atoms with E-state index in [4.69, 9.17) is 0 Å². The van der Waals surface area contributed by atoms with Gasteiger partial charge in [-0.05, 0) is 173 Å². The molecular weight excluding hydrogens is 893 g/mol. The van der Waals surface area contributed by atoms with Crippen LogP contribution in [0.1, 0.15) is 72.2 Å². The van der Waals surface area contributed by atoms with Crippen LogP contribution in [0.2, 0.25) is 0 Å². The fraction of sp³-hybridized carbons (Fsp3) is 0.0833. The summed E-state index contributed by atoms with van der Waals surface area (Å²) in [6, 6.07) is 88.8. The van der Waals surface area contributed by atoms with Gasteiger partial charge in [0.05, 0.1) is 0 Å². The van der Waals surface area contributed by atoms with Gasteiger partial charge in [-0.1, -0.05) is 210 Å². The Balaban J connectivity index is 0.724. The molecule has 0 radical (unpaired) electrons. The zero-order valence-electron chi connectivity index (χ0n) is 42.3. The van der Waals surface area contributed by atoms with Gasteiger partial charge >= 0.3 is 0 Å². The van der Waals surface area contributed by atoms with Gasteiger partial charge in [-0.15, -0.1) is 0 Å². The van der Waals surface area contributed by atoms with Gasteiger partial charge < -0.3 is 9.80 Å². The summed E-state index contributed by atoms with van der Waals surface area (Å²) in [4.78, 5) is 4.71. The molecule has 0 amide bonds. The van der Waals surface area contributed by atoms with Crippen molar-refractivity contribution in [1.29, 1.82) is 0 Å².